The number of rotatable bonds is 5. The van der Waals surface area contributed by atoms with E-state index in [2.05, 4.69) is 25.7 Å². The zero-order valence-corrected chi connectivity index (χ0v) is 13.5. The summed E-state index contributed by atoms with van der Waals surface area (Å²) in [5, 5.41) is 10.7. The minimum atomic E-state index is -0.504. The Kier molecular flexibility index (Phi) is 5.62. The van der Waals surface area contributed by atoms with E-state index in [-0.39, 0.29) is 12.1 Å². The fourth-order valence-corrected chi connectivity index (χ4v) is 2.98. The van der Waals surface area contributed by atoms with E-state index in [1.54, 1.807) is 7.11 Å². The minimum Gasteiger partial charge on any atom is -0.497 e. The van der Waals surface area contributed by atoms with E-state index in [9.17, 15) is 5.11 Å². The van der Waals surface area contributed by atoms with Crippen LogP contribution in [0.25, 0.3) is 0 Å². The minimum absolute atomic E-state index is 0.0645. The molecule has 0 bridgehead atoms. The third-order valence-corrected chi connectivity index (χ3v) is 4.42. The van der Waals surface area contributed by atoms with Gasteiger partial charge in [0.2, 0.25) is 0 Å². The van der Waals surface area contributed by atoms with Gasteiger partial charge in [-0.3, -0.25) is 4.90 Å². The largest absolute Gasteiger partial charge is 0.497 e. The van der Waals surface area contributed by atoms with Gasteiger partial charge in [0.1, 0.15) is 5.75 Å². The van der Waals surface area contributed by atoms with Crippen molar-refractivity contribution in [2.45, 2.75) is 51.5 Å². The van der Waals surface area contributed by atoms with Gasteiger partial charge in [0, 0.05) is 18.6 Å². The number of aliphatic hydroxyl groups excluding tert-OH is 1. The van der Waals surface area contributed by atoms with Crippen molar-refractivity contribution in [1.82, 2.24) is 4.90 Å². The summed E-state index contributed by atoms with van der Waals surface area (Å²) in [4.78, 5) is 2.38. The summed E-state index contributed by atoms with van der Waals surface area (Å²) in [5.41, 5.74) is 0.928. The highest BCUT2D eigenvalue weighted by Crippen LogP contribution is 2.27. The van der Waals surface area contributed by atoms with Crippen molar-refractivity contribution >= 4 is 0 Å². The first-order chi connectivity index (χ1) is 10.1. The summed E-state index contributed by atoms with van der Waals surface area (Å²) in [6, 6.07) is 8.10. The van der Waals surface area contributed by atoms with Crippen LogP contribution < -0.4 is 4.74 Å². The molecule has 1 aromatic carbocycles. The van der Waals surface area contributed by atoms with Gasteiger partial charge >= 0.3 is 0 Å². The highest BCUT2D eigenvalue weighted by atomic mass is 16.5. The molecule has 1 aromatic rings. The van der Waals surface area contributed by atoms with Gasteiger partial charge in [0.25, 0.3) is 0 Å². The molecule has 0 amide bonds. The summed E-state index contributed by atoms with van der Waals surface area (Å²) in [6.45, 7) is 7.97. The first-order valence-corrected chi connectivity index (χ1v) is 7.76. The lowest BCUT2D eigenvalue weighted by molar-refractivity contribution is -0.0896. The first-order valence-electron chi connectivity index (χ1n) is 7.76. The maximum atomic E-state index is 10.7. The number of ether oxygens (including phenoxy) is 2. The lowest BCUT2D eigenvalue weighted by Crippen LogP contribution is -2.53. The Bertz CT molecular complexity index is 434. The van der Waals surface area contributed by atoms with Crippen LogP contribution in [0.15, 0.2) is 24.3 Å². The molecule has 2 rings (SSSR count). The molecular weight excluding hydrogens is 266 g/mol. The quantitative estimate of drug-likeness (QED) is 0.906. The van der Waals surface area contributed by atoms with E-state index in [1.807, 2.05) is 24.3 Å². The monoisotopic (exact) mass is 293 g/mol. The average molecular weight is 293 g/mol. The van der Waals surface area contributed by atoms with Crippen LogP contribution in [0.5, 0.6) is 5.75 Å². The molecule has 4 nitrogen and oxygen atoms in total. The second kappa shape index (κ2) is 7.25. The second-order valence-corrected chi connectivity index (χ2v) is 5.86. The van der Waals surface area contributed by atoms with Crippen molar-refractivity contribution in [2.24, 2.45) is 0 Å². The maximum Gasteiger partial charge on any atom is 0.118 e. The number of hydrogen-bond acceptors (Lipinski definition) is 4. The van der Waals surface area contributed by atoms with Crippen LogP contribution in [0.3, 0.4) is 0 Å². The number of morpholine rings is 1. The molecule has 4 heteroatoms. The van der Waals surface area contributed by atoms with Gasteiger partial charge in [0.15, 0.2) is 0 Å². The Labute approximate surface area is 127 Å². The van der Waals surface area contributed by atoms with E-state index >= 15 is 0 Å². The van der Waals surface area contributed by atoms with E-state index in [1.165, 1.54) is 0 Å². The number of benzene rings is 1. The number of nitrogens with zero attached hydrogens (tertiary/aromatic N) is 1. The molecule has 21 heavy (non-hydrogen) atoms. The standard InChI is InChI=1S/C17H27NO3/c1-5-15-11-21-12(2)10-18(15)13(3)17(19)14-6-8-16(20-4)9-7-14/h6-9,12-13,15,17,19H,5,10-11H2,1-4H3. The summed E-state index contributed by atoms with van der Waals surface area (Å²) in [6.07, 6.45) is 0.750. The number of methoxy groups -OCH3 is 1. The van der Waals surface area contributed by atoms with Crippen LogP contribution in [0.1, 0.15) is 38.9 Å². The number of aliphatic hydroxyl groups is 1. The first kappa shape index (κ1) is 16.3. The van der Waals surface area contributed by atoms with Crippen molar-refractivity contribution in [3.63, 3.8) is 0 Å². The van der Waals surface area contributed by atoms with Gasteiger partial charge in [-0.25, -0.2) is 0 Å². The van der Waals surface area contributed by atoms with Crippen molar-refractivity contribution in [1.29, 1.82) is 0 Å². The van der Waals surface area contributed by atoms with Gasteiger partial charge in [-0.2, -0.15) is 0 Å². The summed E-state index contributed by atoms with van der Waals surface area (Å²) in [7, 11) is 1.65. The van der Waals surface area contributed by atoms with Crippen molar-refractivity contribution in [3.05, 3.63) is 29.8 Å². The third kappa shape index (κ3) is 3.76. The SMILES string of the molecule is CCC1COC(C)CN1C(C)C(O)c1ccc(OC)cc1. The molecule has 118 valence electrons. The Morgan fingerprint density at radius 2 is 2.05 bits per heavy atom. The Morgan fingerprint density at radius 1 is 1.38 bits per heavy atom. The fraction of sp³-hybridized carbons (Fsp3) is 0.647. The van der Waals surface area contributed by atoms with Gasteiger partial charge < -0.3 is 14.6 Å². The summed E-state index contributed by atoms with van der Waals surface area (Å²) in [5.74, 6) is 0.810. The Morgan fingerprint density at radius 3 is 2.62 bits per heavy atom. The highest BCUT2D eigenvalue weighted by Gasteiger charge is 2.32. The fourth-order valence-electron chi connectivity index (χ4n) is 2.98. The molecule has 1 saturated heterocycles. The van der Waals surface area contributed by atoms with E-state index in [4.69, 9.17) is 9.47 Å². The molecule has 0 saturated carbocycles. The predicted molar refractivity (Wildman–Crippen MR) is 83.6 cm³/mol. The van der Waals surface area contributed by atoms with Crippen molar-refractivity contribution in [3.8, 4) is 5.75 Å². The van der Waals surface area contributed by atoms with Crippen LogP contribution >= 0.6 is 0 Å². The molecule has 1 N–H and O–H groups in total. The van der Waals surface area contributed by atoms with Gasteiger partial charge in [-0.05, 0) is 38.0 Å². The van der Waals surface area contributed by atoms with Crippen LogP contribution in [-0.2, 0) is 4.74 Å². The third-order valence-electron chi connectivity index (χ3n) is 4.42. The maximum absolute atomic E-state index is 10.7. The average Bonchev–Trinajstić information content (AvgIpc) is 2.53. The zero-order chi connectivity index (χ0) is 15.4. The summed E-state index contributed by atoms with van der Waals surface area (Å²) >= 11 is 0. The lowest BCUT2D eigenvalue weighted by Gasteiger charge is -2.43. The van der Waals surface area contributed by atoms with Gasteiger partial charge in [0.05, 0.1) is 25.9 Å². The molecule has 1 aliphatic heterocycles. The second-order valence-electron chi connectivity index (χ2n) is 5.86. The number of hydrogen-bond donors (Lipinski definition) is 1. The van der Waals surface area contributed by atoms with E-state index < -0.39 is 6.10 Å². The smallest absolute Gasteiger partial charge is 0.118 e. The highest BCUT2D eigenvalue weighted by molar-refractivity contribution is 5.29. The molecule has 4 unspecified atom stereocenters. The molecule has 0 aromatic heterocycles. The van der Waals surface area contributed by atoms with Crippen molar-refractivity contribution < 1.29 is 14.6 Å². The molecule has 0 spiro atoms. The Hall–Kier alpha value is -1.10. The molecule has 0 aliphatic carbocycles. The molecule has 1 fully saturated rings. The summed E-state index contributed by atoms with van der Waals surface area (Å²) < 4.78 is 10.9. The van der Waals surface area contributed by atoms with E-state index in [0.717, 1.165) is 30.9 Å². The zero-order valence-electron chi connectivity index (χ0n) is 13.5. The van der Waals surface area contributed by atoms with Crippen LogP contribution in [0.2, 0.25) is 0 Å². The Balaban J connectivity index is 2.10. The molecular formula is C17H27NO3. The normalized spacial score (nSPS) is 26.3. The topological polar surface area (TPSA) is 41.9 Å². The van der Waals surface area contributed by atoms with Crippen LogP contribution in [0.4, 0.5) is 0 Å². The molecule has 4 atom stereocenters. The van der Waals surface area contributed by atoms with Crippen LogP contribution in [0, 0.1) is 0 Å². The molecule has 1 heterocycles. The predicted octanol–water partition coefficient (Wildman–Crippen LogP) is 2.62. The van der Waals surface area contributed by atoms with E-state index in [0.29, 0.717) is 6.04 Å². The molecule has 1 aliphatic rings. The lowest BCUT2D eigenvalue weighted by atomic mass is 9.99. The van der Waals surface area contributed by atoms with Crippen LogP contribution in [-0.4, -0.2) is 48.5 Å². The van der Waals surface area contributed by atoms with Gasteiger partial charge in [-0.1, -0.05) is 19.1 Å². The van der Waals surface area contributed by atoms with Crippen molar-refractivity contribution in [2.75, 3.05) is 20.3 Å². The van der Waals surface area contributed by atoms with Gasteiger partial charge in [-0.15, -0.1) is 0 Å². The molecule has 0 radical (unpaired) electrons.